The Bertz CT molecular complexity index is 1250. The average Bonchev–Trinajstić information content (AvgIpc) is 3.27. The minimum absolute atomic E-state index is 0.143. The number of imidazole rings is 1. The molecule has 0 bridgehead atoms. The van der Waals surface area contributed by atoms with E-state index in [2.05, 4.69) is 30.6 Å². The van der Waals surface area contributed by atoms with Crippen molar-refractivity contribution in [1.29, 1.82) is 0 Å². The number of nitrogens with zero attached hydrogens (tertiary/aromatic N) is 3. The molecular formula is C21H19F3N6O3. The normalized spacial score (nSPS) is 11.3. The summed E-state index contributed by atoms with van der Waals surface area (Å²) in [6, 6.07) is 7.96. The highest BCUT2D eigenvalue weighted by Crippen LogP contribution is 2.41. The maximum Gasteiger partial charge on any atom is 0.416 e. The van der Waals surface area contributed by atoms with Gasteiger partial charge >= 0.3 is 6.18 Å². The number of nitrogens with one attached hydrogen (secondary N) is 3. The number of aromatic amines is 1. The smallest absolute Gasteiger partial charge is 0.416 e. The number of halogens is 3. The molecule has 9 nitrogen and oxygen atoms in total. The van der Waals surface area contributed by atoms with Gasteiger partial charge < -0.3 is 29.8 Å². The minimum atomic E-state index is -4.42. The number of rotatable bonds is 7. The summed E-state index contributed by atoms with van der Waals surface area (Å²) >= 11 is 0. The molecule has 2 aromatic heterocycles. The molecule has 0 fully saturated rings. The lowest BCUT2D eigenvalue weighted by Crippen LogP contribution is -2.05. The second-order valence-electron chi connectivity index (χ2n) is 6.74. The fourth-order valence-corrected chi connectivity index (χ4v) is 3.14. The average molecular weight is 460 g/mol. The van der Waals surface area contributed by atoms with E-state index in [1.807, 2.05) is 0 Å². The van der Waals surface area contributed by atoms with Crippen molar-refractivity contribution in [3.8, 4) is 17.2 Å². The Morgan fingerprint density at radius 1 is 0.848 bits per heavy atom. The van der Waals surface area contributed by atoms with Crippen molar-refractivity contribution < 1.29 is 27.4 Å². The lowest BCUT2D eigenvalue weighted by molar-refractivity contribution is -0.137. The van der Waals surface area contributed by atoms with E-state index in [9.17, 15) is 13.2 Å². The minimum Gasteiger partial charge on any atom is -0.493 e. The van der Waals surface area contributed by atoms with Crippen molar-refractivity contribution in [3.63, 3.8) is 0 Å². The van der Waals surface area contributed by atoms with E-state index in [0.717, 1.165) is 12.1 Å². The van der Waals surface area contributed by atoms with Crippen LogP contribution in [0, 0.1) is 0 Å². The molecule has 0 spiro atoms. The van der Waals surface area contributed by atoms with E-state index >= 15 is 0 Å². The first kappa shape index (κ1) is 22.0. The number of hydrogen-bond donors (Lipinski definition) is 3. The van der Waals surface area contributed by atoms with Crippen molar-refractivity contribution in [2.45, 2.75) is 6.18 Å². The van der Waals surface area contributed by atoms with Crippen molar-refractivity contribution in [2.75, 3.05) is 32.0 Å². The maximum atomic E-state index is 12.8. The summed E-state index contributed by atoms with van der Waals surface area (Å²) in [5.74, 6) is 1.84. The van der Waals surface area contributed by atoms with Gasteiger partial charge in [0.1, 0.15) is 5.52 Å². The van der Waals surface area contributed by atoms with E-state index in [-0.39, 0.29) is 5.95 Å². The number of H-pyrrole nitrogens is 1. The summed E-state index contributed by atoms with van der Waals surface area (Å²) < 4.78 is 54.5. The Labute approximate surface area is 185 Å². The standard InChI is InChI=1S/C21H19F3N6O3/c1-31-14-8-13(9-15(32-2)17(14)33-3)27-19-16-18(26-10-25-16)29-20(30-19)28-12-6-4-11(5-7-12)21(22,23)24/h4-10H,1-3H3,(H3,25,26,27,28,29,30). The third-order valence-electron chi connectivity index (χ3n) is 4.68. The number of alkyl halides is 3. The first-order chi connectivity index (χ1) is 15.8. The van der Waals surface area contributed by atoms with Gasteiger partial charge in [-0.1, -0.05) is 0 Å². The molecule has 0 aliphatic carbocycles. The van der Waals surface area contributed by atoms with Crippen LogP contribution in [0.3, 0.4) is 0 Å². The third-order valence-corrected chi connectivity index (χ3v) is 4.68. The summed E-state index contributed by atoms with van der Waals surface area (Å²) in [5, 5.41) is 6.06. The maximum absolute atomic E-state index is 12.8. The molecule has 0 amide bonds. The van der Waals surface area contributed by atoms with Crippen LogP contribution < -0.4 is 24.8 Å². The van der Waals surface area contributed by atoms with E-state index < -0.39 is 11.7 Å². The molecule has 0 saturated heterocycles. The van der Waals surface area contributed by atoms with Gasteiger partial charge in [0.05, 0.1) is 33.2 Å². The second kappa shape index (κ2) is 8.73. The van der Waals surface area contributed by atoms with Gasteiger partial charge in [-0.3, -0.25) is 0 Å². The van der Waals surface area contributed by atoms with Crippen LogP contribution in [0.2, 0.25) is 0 Å². The Hall–Kier alpha value is -4.22. The van der Waals surface area contributed by atoms with E-state index in [0.29, 0.717) is 45.6 Å². The van der Waals surface area contributed by atoms with E-state index in [1.165, 1.54) is 39.8 Å². The molecule has 172 valence electrons. The van der Waals surface area contributed by atoms with Gasteiger partial charge in [-0.2, -0.15) is 23.1 Å². The van der Waals surface area contributed by atoms with Gasteiger partial charge in [-0.25, -0.2) is 4.98 Å². The molecule has 3 N–H and O–H groups in total. The zero-order valence-electron chi connectivity index (χ0n) is 17.7. The fourth-order valence-electron chi connectivity index (χ4n) is 3.14. The molecular weight excluding hydrogens is 441 g/mol. The first-order valence-electron chi connectivity index (χ1n) is 9.55. The van der Waals surface area contributed by atoms with Crippen molar-refractivity contribution in [2.24, 2.45) is 0 Å². The molecule has 33 heavy (non-hydrogen) atoms. The molecule has 0 radical (unpaired) electrons. The number of ether oxygens (including phenoxy) is 3. The quantitative estimate of drug-likeness (QED) is 0.358. The number of methoxy groups -OCH3 is 3. The third kappa shape index (κ3) is 4.54. The number of aromatic nitrogens is 4. The number of hydrogen-bond acceptors (Lipinski definition) is 8. The first-order valence-corrected chi connectivity index (χ1v) is 9.55. The fraction of sp³-hybridized carbons (Fsp3) is 0.190. The molecule has 4 rings (SSSR count). The molecule has 0 unspecified atom stereocenters. The van der Waals surface area contributed by atoms with Crippen LogP contribution in [0.25, 0.3) is 11.2 Å². The lowest BCUT2D eigenvalue weighted by atomic mass is 10.2. The molecule has 0 aliphatic rings. The number of anilines is 4. The monoisotopic (exact) mass is 460 g/mol. The number of fused-ring (bicyclic) bond motifs is 1. The summed E-state index contributed by atoms with van der Waals surface area (Å²) in [7, 11) is 4.51. The number of benzene rings is 2. The molecule has 2 aromatic carbocycles. The Kier molecular flexibility index (Phi) is 5.82. The molecule has 2 heterocycles. The molecule has 4 aromatic rings. The van der Waals surface area contributed by atoms with Crippen LogP contribution in [0.1, 0.15) is 5.56 Å². The van der Waals surface area contributed by atoms with E-state index in [1.54, 1.807) is 12.1 Å². The van der Waals surface area contributed by atoms with Crippen LogP contribution in [-0.2, 0) is 6.18 Å². The van der Waals surface area contributed by atoms with Gasteiger partial charge in [-0.05, 0) is 24.3 Å². The van der Waals surface area contributed by atoms with Crippen LogP contribution in [-0.4, -0.2) is 41.3 Å². The topological polar surface area (TPSA) is 106 Å². The van der Waals surface area contributed by atoms with E-state index in [4.69, 9.17) is 14.2 Å². The van der Waals surface area contributed by atoms with Crippen molar-refractivity contribution >= 4 is 34.3 Å². The zero-order chi connectivity index (χ0) is 23.6. The lowest BCUT2D eigenvalue weighted by Gasteiger charge is -2.15. The van der Waals surface area contributed by atoms with Crippen molar-refractivity contribution in [1.82, 2.24) is 19.9 Å². The van der Waals surface area contributed by atoms with Gasteiger partial charge in [0.15, 0.2) is 23.0 Å². The Morgan fingerprint density at radius 2 is 1.52 bits per heavy atom. The van der Waals surface area contributed by atoms with Gasteiger partial charge in [0.2, 0.25) is 11.7 Å². The molecule has 12 heteroatoms. The highest BCUT2D eigenvalue weighted by Gasteiger charge is 2.30. The van der Waals surface area contributed by atoms with Crippen LogP contribution in [0.15, 0.2) is 42.7 Å². The molecule has 0 atom stereocenters. The van der Waals surface area contributed by atoms with Crippen molar-refractivity contribution in [3.05, 3.63) is 48.3 Å². The van der Waals surface area contributed by atoms with Gasteiger partial charge in [-0.15, -0.1) is 0 Å². The van der Waals surface area contributed by atoms with Crippen LogP contribution in [0.4, 0.5) is 36.3 Å². The zero-order valence-corrected chi connectivity index (χ0v) is 17.7. The summed E-state index contributed by atoms with van der Waals surface area (Å²) in [6.45, 7) is 0. The van der Waals surface area contributed by atoms with Gasteiger partial charge in [0, 0.05) is 23.5 Å². The summed E-state index contributed by atoms with van der Waals surface area (Å²) in [6.07, 6.45) is -2.96. The highest BCUT2D eigenvalue weighted by atomic mass is 19.4. The van der Waals surface area contributed by atoms with Gasteiger partial charge in [0.25, 0.3) is 0 Å². The largest absolute Gasteiger partial charge is 0.493 e. The summed E-state index contributed by atoms with van der Waals surface area (Å²) in [4.78, 5) is 15.9. The summed E-state index contributed by atoms with van der Waals surface area (Å²) in [5.41, 5.74) is 1.11. The predicted octanol–water partition coefficient (Wildman–Crippen LogP) is 4.88. The molecule has 0 aliphatic heterocycles. The SMILES string of the molecule is COc1cc(Nc2nc(Nc3ccc(C(F)(F)F)cc3)nc3nc[nH]c23)cc(OC)c1OC. The molecule has 0 saturated carbocycles. The second-order valence-corrected chi connectivity index (χ2v) is 6.74. The Balaban J connectivity index is 1.67. The van der Waals surface area contributed by atoms with Crippen LogP contribution >= 0.6 is 0 Å². The van der Waals surface area contributed by atoms with Crippen LogP contribution in [0.5, 0.6) is 17.2 Å². The Morgan fingerprint density at radius 3 is 2.09 bits per heavy atom. The predicted molar refractivity (Wildman–Crippen MR) is 116 cm³/mol. The highest BCUT2D eigenvalue weighted by molar-refractivity contribution is 5.87.